The molecule has 1 aliphatic rings. The van der Waals surface area contributed by atoms with Gasteiger partial charge in [-0.15, -0.1) is 0 Å². The van der Waals surface area contributed by atoms with Gasteiger partial charge in [0.2, 0.25) is 5.89 Å². The molecule has 10 heteroatoms. The minimum atomic E-state index is -0.380. The number of oxazole rings is 1. The molecule has 0 unspecified atom stereocenters. The van der Waals surface area contributed by atoms with E-state index >= 15 is 0 Å². The van der Waals surface area contributed by atoms with Crippen LogP contribution < -0.4 is 15.0 Å². The van der Waals surface area contributed by atoms with Crippen LogP contribution in [0.25, 0.3) is 22.4 Å². The molecule has 1 fully saturated rings. The van der Waals surface area contributed by atoms with Gasteiger partial charge in [-0.05, 0) is 74.2 Å². The first-order valence-electron chi connectivity index (χ1n) is 13.7. The summed E-state index contributed by atoms with van der Waals surface area (Å²) < 4.78 is 22.0. The van der Waals surface area contributed by atoms with Crippen molar-refractivity contribution in [1.82, 2.24) is 9.97 Å². The second-order valence-electron chi connectivity index (χ2n) is 10.2. The van der Waals surface area contributed by atoms with E-state index in [4.69, 9.17) is 18.3 Å². The number of pyridine rings is 1. The minimum absolute atomic E-state index is 0.250. The van der Waals surface area contributed by atoms with Gasteiger partial charge in [0, 0.05) is 29.6 Å². The standard InChI is InChI=1S/C32H30N4O6/c1-20-26-17-22(31-33-12-15-40-31)6-8-27(26)42-29(20)30(37)35-24-7-9-28(34-18-24)36-13-10-21(11-14-36)19-41-25-5-3-4-23(16-25)32(38)39-2/h3-9,12,15-18,21H,10-11,13-14,19H2,1-2H3,(H,35,37). The number of hydrogen-bond acceptors (Lipinski definition) is 9. The van der Waals surface area contributed by atoms with Gasteiger partial charge in [0.1, 0.15) is 23.4 Å². The number of amides is 1. The highest BCUT2D eigenvalue weighted by molar-refractivity contribution is 6.06. The monoisotopic (exact) mass is 566 g/mol. The van der Waals surface area contributed by atoms with Crippen molar-refractivity contribution in [2.24, 2.45) is 5.92 Å². The lowest BCUT2D eigenvalue weighted by Gasteiger charge is -2.32. The van der Waals surface area contributed by atoms with Crippen molar-refractivity contribution in [2.45, 2.75) is 19.8 Å². The molecule has 0 aliphatic carbocycles. The van der Waals surface area contributed by atoms with Crippen molar-refractivity contribution in [2.75, 3.05) is 37.0 Å². The van der Waals surface area contributed by atoms with Crippen LogP contribution in [0.15, 0.2) is 82.1 Å². The van der Waals surface area contributed by atoms with E-state index in [1.165, 1.54) is 13.4 Å². The molecule has 2 aromatic carbocycles. The quantitative estimate of drug-likeness (QED) is 0.221. The van der Waals surface area contributed by atoms with Gasteiger partial charge in [0.05, 0.1) is 37.4 Å². The number of methoxy groups -OCH3 is 1. The topological polar surface area (TPSA) is 120 Å². The summed E-state index contributed by atoms with van der Waals surface area (Å²) in [5, 5.41) is 3.72. The lowest BCUT2D eigenvalue weighted by molar-refractivity contribution is 0.0600. The molecule has 10 nitrogen and oxygen atoms in total. The number of aromatic nitrogens is 2. The van der Waals surface area contributed by atoms with E-state index < -0.39 is 0 Å². The highest BCUT2D eigenvalue weighted by Crippen LogP contribution is 2.30. The van der Waals surface area contributed by atoms with Gasteiger partial charge in [0.15, 0.2) is 5.76 Å². The molecular weight excluding hydrogens is 536 g/mol. The number of piperidine rings is 1. The van der Waals surface area contributed by atoms with Gasteiger partial charge in [-0.1, -0.05) is 6.07 Å². The lowest BCUT2D eigenvalue weighted by atomic mass is 9.98. The number of carbonyl (C=O) groups excluding carboxylic acids is 2. The summed E-state index contributed by atoms with van der Waals surface area (Å²) in [6, 6.07) is 16.4. The van der Waals surface area contributed by atoms with E-state index in [0.717, 1.165) is 48.3 Å². The first kappa shape index (κ1) is 27.1. The van der Waals surface area contributed by atoms with E-state index in [2.05, 4.69) is 20.2 Å². The van der Waals surface area contributed by atoms with Gasteiger partial charge in [-0.3, -0.25) is 4.79 Å². The molecule has 3 aromatic heterocycles. The fourth-order valence-corrected chi connectivity index (χ4v) is 5.14. The normalized spacial score (nSPS) is 13.7. The predicted molar refractivity (Wildman–Crippen MR) is 157 cm³/mol. The number of hydrogen-bond donors (Lipinski definition) is 1. The molecule has 5 aromatic rings. The molecule has 1 amide bonds. The third-order valence-corrected chi connectivity index (χ3v) is 7.51. The van der Waals surface area contributed by atoms with Crippen molar-refractivity contribution in [3.8, 4) is 17.2 Å². The highest BCUT2D eigenvalue weighted by atomic mass is 16.5. The van der Waals surface area contributed by atoms with Crippen molar-refractivity contribution in [3.05, 3.63) is 90.1 Å². The molecule has 4 heterocycles. The Labute approximate surface area is 242 Å². The maximum atomic E-state index is 13.1. The maximum Gasteiger partial charge on any atom is 0.337 e. The van der Waals surface area contributed by atoms with Crippen LogP contribution in [-0.2, 0) is 4.74 Å². The molecule has 214 valence electrons. The van der Waals surface area contributed by atoms with Crippen LogP contribution in [0, 0.1) is 12.8 Å². The Morgan fingerprint density at radius 2 is 1.93 bits per heavy atom. The smallest absolute Gasteiger partial charge is 0.337 e. The van der Waals surface area contributed by atoms with Crippen LogP contribution in [0.1, 0.15) is 39.3 Å². The van der Waals surface area contributed by atoms with Crippen molar-refractivity contribution < 1.29 is 27.9 Å². The molecule has 42 heavy (non-hydrogen) atoms. The SMILES string of the molecule is COC(=O)c1cccc(OCC2CCN(c3ccc(NC(=O)c4oc5ccc(-c6ncco6)cc5c4C)cn3)CC2)c1. The van der Waals surface area contributed by atoms with Gasteiger partial charge in [-0.2, -0.15) is 0 Å². The number of fused-ring (bicyclic) bond motifs is 1. The number of esters is 1. The van der Waals surface area contributed by atoms with E-state index in [1.54, 1.807) is 30.6 Å². The Balaban J connectivity index is 1.03. The summed E-state index contributed by atoms with van der Waals surface area (Å²) in [5.74, 6) is 1.96. The average molecular weight is 567 g/mol. The fourth-order valence-electron chi connectivity index (χ4n) is 5.14. The van der Waals surface area contributed by atoms with E-state index in [9.17, 15) is 9.59 Å². The molecule has 1 saturated heterocycles. The summed E-state index contributed by atoms with van der Waals surface area (Å²) >= 11 is 0. The molecular formula is C32H30N4O6. The number of carbonyl (C=O) groups is 2. The number of ether oxygens (including phenoxy) is 2. The van der Waals surface area contributed by atoms with Gasteiger partial charge in [0.25, 0.3) is 5.91 Å². The second-order valence-corrected chi connectivity index (χ2v) is 10.2. The lowest BCUT2D eigenvalue weighted by Crippen LogP contribution is -2.36. The van der Waals surface area contributed by atoms with Crippen LogP contribution in [-0.4, -0.2) is 48.7 Å². The Bertz CT molecular complexity index is 1700. The van der Waals surface area contributed by atoms with Crippen molar-refractivity contribution in [1.29, 1.82) is 0 Å². The first-order valence-corrected chi connectivity index (χ1v) is 13.7. The van der Waals surface area contributed by atoms with Gasteiger partial charge in [-0.25, -0.2) is 14.8 Å². The molecule has 0 bridgehead atoms. The van der Waals surface area contributed by atoms with Crippen LogP contribution in [0.2, 0.25) is 0 Å². The summed E-state index contributed by atoms with van der Waals surface area (Å²) in [7, 11) is 1.36. The molecule has 0 saturated carbocycles. The van der Waals surface area contributed by atoms with Crippen molar-refractivity contribution >= 4 is 34.4 Å². The Hall–Kier alpha value is -5.12. The summed E-state index contributed by atoms with van der Waals surface area (Å²) in [6.07, 6.45) is 6.69. The summed E-state index contributed by atoms with van der Waals surface area (Å²) in [4.78, 5) is 35.8. The zero-order valence-electron chi connectivity index (χ0n) is 23.3. The zero-order chi connectivity index (χ0) is 29.1. The predicted octanol–water partition coefficient (Wildman–Crippen LogP) is 6.13. The van der Waals surface area contributed by atoms with E-state index in [-0.39, 0.29) is 17.6 Å². The summed E-state index contributed by atoms with van der Waals surface area (Å²) in [6.45, 7) is 4.14. The zero-order valence-corrected chi connectivity index (χ0v) is 23.3. The molecule has 1 aliphatic heterocycles. The summed E-state index contributed by atoms with van der Waals surface area (Å²) in [5.41, 5.74) is 3.22. The third kappa shape index (κ3) is 5.69. The minimum Gasteiger partial charge on any atom is -0.493 e. The van der Waals surface area contributed by atoms with E-state index in [1.807, 2.05) is 43.3 Å². The van der Waals surface area contributed by atoms with Crippen molar-refractivity contribution in [3.63, 3.8) is 0 Å². The first-order chi connectivity index (χ1) is 20.5. The maximum absolute atomic E-state index is 13.1. The number of nitrogens with zero attached hydrogens (tertiary/aromatic N) is 3. The highest BCUT2D eigenvalue weighted by Gasteiger charge is 2.22. The Morgan fingerprint density at radius 3 is 2.67 bits per heavy atom. The average Bonchev–Trinajstić information content (AvgIpc) is 3.69. The van der Waals surface area contributed by atoms with Crippen LogP contribution in [0.5, 0.6) is 5.75 Å². The number of anilines is 2. The number of furan rings is 1. The van der Waals surface area contributed by atoms with E-state index in [0.29, 0.717) is 41.0 Å². The Morgan fingerprint density at radius 1 is 1.07 bits per heavy atom. The third-order valence-electron chi connectivity index (χ3n) is 7.51. The van der Waals surface area contributed by atoms with Gasteiger partial charge >= 0.3 is 5.97 Å². The number of benzene rings is 2. The van der Waals surface area contributed by atoms with Crippen LogP contribution in [0.4, 0.5) is 11.5 Å². The fraction of sp³-hybridized carbons (Fsp3) is 0.250. The molecule has 1 N–H and O–H groups in total. The molecule has 0 spiro atoms. The Kier molecular flexibility index (Phi) is 7.59. The van der Waals surface area contributed by atoms with Crippen LogP contribution in [0.3, 0.4) is 0 Å². The van der Waals surface area contributed by atoms with Gasteiger partial charge < -0.3 is 28.5 Å². The second kappa shape index (κ2) is 11.8. The number of rotatable bonds is 8. The molecule has 0 radical (unpaired) electrons. The number of nitrogens with one attached hydrogen (secondary N) is 1. The molecule has 6 rings (SSSR count). The van der Waals surface area contributed by atoms with Crippen LogP contribution >= 0.6 is 0 Å². The largest absolute Gasteiger partial charge is 0.493 e. The molecule has 0 atom stereocenters. The number of aryl methyl sites for hydroxylation is 1.